The SMILES string of the molecule is CN1CCC(c2ccc(NCCC(=O)O)nn2)C1. The molecule has 6 nitrogen and oxygen atoms in total. The molecule has 0 radical (unpaired) electrons. The molecule has 1 atom stereocenters. The lowest BCUT2D eigenvalue weighted by molar-refractivity contribution is -0.136. The first-order valence-electron chi connectivity index (χ1n) is 6.13. The molecule has 0 bridgehead atoms. The van der Waals surface area contributed by atoms with Gasteiger partial charge in [-0.25, -0.2) is 0 Å². The maximum Gasteiger partial charge on any atom is 0.305 e. The first kappa shape index (κ1) is 12.8. The van der Waals surface area contributed by atoms with Gasteiger partial charge in [-0.1, -0.05) is 0 Å². The predicted molar refractivity (Wildman–Crippen MR) is 67.6 cm³/mol. The van der Waals surface area contributed by atoms with Crippen LogP contribution in [0, 0.1) is 0 Å². The van der Waals surface area contributed by atoms with E-state index in [2.05, 4.69) is 27.5 Å². The Morgan fingerprint density at radius 1 is 1.56 bits per heavy atom. The van der Waals surface area contributed by atoms with Crippen molar-refractivity contribution in [1.82, 2.24) is 15.1 Å². The summed E-state index contributed by atoms with van der Waals surface area (Å²) in [6, 6.07) is 3.84. The molecule has 6 heteroatoms. The van der Waals surface area contributed by atoms with Crippen LogP contribution in [-0.2, 0) is 4.79 Å². The van der Waals surface area contributed by atoms with Crippen LogP contribution < -0.4 is 5.32 Å². The Bertz CT molecular complexity index is 407. The maximum atomic E-state index is 10.4. The van der Waals surface area contributed by atoms with E-state index in [0.717, 1.165) is 25.2 Å². The normalized spacial score (nSPS) is 19.9. The third-order valence-corrected chi connectivity index (χ3v) is 3.14. The van der Waals surface area contributed by atoms with Crippen LogP contribution in [0.3, 0.4) is 0 Å². The molecule has 2 rings (SSSR count). The average Bonchev–Trinajstić information content (AvgIpc) is 2.76. The van der Waals surface area contributed by atoms with Crippen LogP contribution in [0.5, 0.6) is 0 Å². The van der Waals surface area contributed by atoms with Crippen molar-refractivity contribution in [2.24, 2.45) is 0 Å². The summed E-state index contributed by atoms with van der Waals surface area (Å²) < 4.78 is 0. The summed E-state index contributed by atoms with van der Waals surface area (Å²) in [5.74, 6) is 0.281. The van der Waals surface area contributed by atoms with Crippen LogP contribution >= 0.6 is 0 Å². The van der Waals surface area contributed by atoms with Crippen LogP contribution in [0.2, 0.25) is 0 Å². The lowest BCUT2D eigenvalue weighted by Gasteiger charge is -2.10. The molecular weight excluding hydrogens is 232 g/mol. The Labute approximate surface area is 106 Å². The molecule has 0 amide bonds. The van der Waals surface area contributed by atoms with Crippen LogP contribution in [0.15, 0.2) is 12.1 Å². The Morgan fingerprint density at radius 3 is 2.94 bits per heavy atom. The molecular formula is C12H18N4O2. The van der Waals surface area contributed by atoms with E-state index in [9.17, 15) is 4.79 Å². The standard InChI is InChI=1S/C12H18N4O2/c1-16-7-5-9(8-16)10-2-3-11(15-14-10)13-6-4-12(17)18/h2-3,9H,4-8H2,1H3,(H,13,15)(H,17,18). The van der Waals surface area contributed by atoms with Gasteiger partial charge in [0.2, 0.25) is 0 Å². The highest BCUT2D eigenvalue weighted by atomic mass is 16.4. The number of rotatable bonds is 5. The minimum atomic E-state index is -0.818. The van der Waals surface area contributed by atoms with Crippen molar-refractivity contribution in [2.45, 2.75) is 18.8 Å². The fourth-order valence-electron chi connectivity index (χ4n) is 2.13. The number of aromatic nitrogens is 2. The number of aliphatic carboxylic acids is 1. The summed E-state index contributed by atoms with van der Waals surface area (Å²) in [6.07, 6.45) is 1.20. The molecule has 98 valence electrons. The molecule has 1 aromatic heterocycles. The lowest BCUT2D eigenvalue weighted by Crippen LogP contribution is -2.14. The van der Waals surface area contributed by atoms with Gasteiger partial charge in [-0.3, -0.25) is 4.79 Å². The van der Waals surface area contributed by atoms with E-state index < -0.39 is 5.97 Å². The summed E-state index contributed by atoms with van der Waals surface area (Å²) in [7, 11) is 2.11. The van der Waals surface area contributed by atoms with Gasteiger partial charge in [0, 0.05) is 19.0 Å². The topological polar surface area (TPSA) is 78.4 Å². The van der Waals surface area contributed by atoms with Crippen LogP contribution in [0.1, 0.15) is 24.5 Å². The number of hydrogen-bond donors (Lipinski definition) is 2. The molecule has 0 saturated carbocycles. The maximum absolute atomic E-state index is 10.4. The van der Waals surface area contributed by atoms with Crippen molar-refractivity contribution in [3.05, 3.63) is 17.8 Å². The largest absolute Gasteiger partial charge is 0.481 e. The molecule has 1 aliphatic rings. The number of carbonyl (C=O) groups is 1. The van der Waals surface area contributed by atoms with Gasteiger partial charge in [0.1, 0.15) is 5.82 Å². The van der Waals surface area contributed by atoms with Crippen molar-refractivity contribution in [2.75, 3.05) is 32.0 Å². The molecule has 2 N–H and O–H groups in total. The van der Waals surface area contributed by atoms with Crippen molar-refractivity contribution in [3.8, 4) is 0 Å². The summed E-state index contributed by atoms with van der Waals surface area (Å²) in [4.78, 5) is 12.7. The lowest BCUT2D eigenvalue weighted by atomic mass is 10.1. The molecule has 0 aliphatic carbocycles. The van der Waals surface area contributed by atoms with E-state index in [1.165, 1.54) is 0 Å². The Morgan fingerprint density at radius 2 is 2.39 bits per heavy atom. The second-order valence-electron chi connectivity index (χ2n) is 4.66. The van der Waals surface area contributed by atoms with Crippen molar-refractivity contribution in [1.29, 1.82) is 0 Å². The highest BCUT2D eigenvalue weighted by Gasteiger charge is 2.22. The smallest absolute Gasteiger partial charge is 0.305 e. The Hall–Kier alpha value is -1.69. The Balaban J connectivity index is 1.87. The van der Waals surface area contributed by atoms with E-state index >= 15 is 0 Å². The number of nitrogens with zero attached hydrogens (tertiary/aromatic N) is 3. The number of carboxylic acid groups (broad SMARTS) is 1. The molecule has 1 fully saturated rings. The fraction of sp³-hybridized carbons (Fsp3) is 0.583. The van der Waals surface area contributed by atoms with E-state index in [-0.39, 0.29) is 6.42 Å². The second kappa shape index (κ2) is 5.77. The molecule has 1 aromatic rings. The molecule has 2 heterocycles. The summed E-state index contributed by atoms with van der Waals surface area (Å²) in [5, 5.41) is 19.7. The van der Waals surface area contributed by atoms with E-state index in [4.69, 9.17) is 5.11 Å². The zero-order chi connectivity index (χ0) is 13.0. The summed E-state index contributed by atoms with van der Waals surface area (Å²) >= 11 is 0. The zero-order valence-electron chi connectivity index (χ0n) is 10.5. The number of anilines is 1. The van der Waals surface area contributed by atoms with Crippen LogP contribution in [-0.4, -0.2) is 52.9 Å². The minimum Gasteiger partial charge on any atom is -0.481 e. The average molecular weight is 250 g/mol. The number of likely N-dealkylation sites (tertiary alicyclic amines) is 1. The molecule has 0 aromatic carbocycles. The van der Waals surface area contributed by atoms with Gasteiger partial charge in [-0.15, -0.1) is 5.10 Å². The van der Waals surface area contributed by atoms with Gasteiger partial charge in [0.05, 0.1) is 12.1 Å². The van der Waals surface area contributed by atoms with Crippen LogP contribution in [0.4, 0.5) is 5.82 Å². The van der Waals surface area contributed by atoms with Crippen molar-refractivity contribution < 1.29 is 9.90 Å². The summed E-state index contributed by atoms with van der Waals surface area (Å²) in [6.45, 7) is 2.50. The molecule has 1 saturated heterocycles. The van der Waals surface area contributed by atoms with E-state index in [0.29, 0.717) is 18.3 Å². The molecule has 18 heavy (non-hydrogen) atoms. The first-order valence-corrected chi connectivity index (χ1v) is 6.13. The predicted octanol–water partition coefficient (Wildman–Crippen LogP) is 0.782. The van der Waals surface area contributed by atoms with E-state index in [1.54, 1.807) is 0 Å². The van der Waals surface area contributed by atoms with Gasteiger partial charge in [-0.2, -0.15) is 5.10 Å². The zero-order valence-corrected chi connectivity index (χ0v) is 10.5. The first-order chi connectivity index (χ1) is 8.65. The van der Waals surface area contributed by atoms with Crippen molar-refractivity contribution >= 4 is 11.8 Å². The van der Waals surface area contributed by atoms with Gasteiger partial charge >= 0.3 is 5.97 Å². The third-order valence-electron chi connectivity index (χ3n) is 3.14. The molecule has 1 aliphatic heterocycles. The van der Waals surface area contributed by atoms with Gasteiger partial charge in [0.15, 0.2) is 0 Å². The number of likely N-dealkylation sites (N-methyl/N-ethyl adjacent to an activating group) is 1. The van der Waals surface area contributed by atoms with E-state index in [1.807, 2.05) is 12.1 Å². The summed E-state index contributed by atoms with van der Waals surface area (Å²) in [5.41, 5.74) is 1.02. The quantitative estimate of drug-likeness (QED) is 0.804. The van der Waals surface area contributed by atoms with Crippen LogP contribution in [0.25, 0.3) is 0 Å². The number of nitrogens with one attached hydrogen (secondary N) is 1. The Kier molecular flexibility index (Phi) is 4.09. The number of hydrogen-bond acceptors (Lipinski definition) is 5. The second-order valence-corrected chi connectivity index (χ2v) is 4.66. The molecule has 1 unspecified atom stereocenters. The monoisotopic (exact) mass is 250 g/mol. The van der Waals surface area contributed by atoms with Gasteiger partial charge < -0.3 is 15.3 Å². The highest BCUT2D eigenvalue weighted by molar-refractivity contribution is 5.67. The van der Waals surface area contributed by atoms with Crippen molar-refractivity contribution in [3.63, 3.8) is 0 Å². The molecule has 0 spiro atoms. The van der Waals surface area contributed by atoms with Gasteiger partial charge in [-0.05, 0) is 32.1 Å². The third kappa shape index (κ3) is 3.40. The highest BCUT2D eigenvalue weighted by Crippen LogP contribution is 2.24. The van der Waals surface area contributed by atoms with Gasteiger partial charge in [0.25, 0.3) is 0 Å². The number of carboxylic acids is 1. The minimum absolute atomic E-state index is 0.0802. The fourth-order valence-corrected chi connectivity index (χ4v) is 2.13.